The highest BCUT2D eigenvalue weighted by Gasteiger charge is 2.33. The summed E-state index contributed by atoms with van der Waals surface area (Å²) in [7, 11) is 3.47. The van der Waals surface area contributed by atoms with Crippen LogP contribution in [-0.4, -0.2) is 60.4 Å². The van der Waals surface area contributed by atoms with Crippen molar-refractivity contribution in [2.24, 2.45) is 0 Å². The molecule has 156 valence electrons. The van der Waals surface area contributed by atoms with Gasteiger partial charge in [0.15, 0.2) is 6.61 Å². The van der Waals surface area contributed by atoms with Crippen LogP contribution in [0, 0.1) is 5.82 Å². The molecule has 8 heteroatoms. The standard InChI is InChI=1S/C22H22FN3O3S/c1-25(2)22(28)20-19(17-4-3-10-24-21(17)30-20)14-9-11-26(12-14)18(27)13-29-16-7-5-15(23)6-8-16/h3-8,10,14H,9,11-13H2,1-2H3/t14-/m1/s1. The van der Waals surface area contributed by atoms with Gasteiger partial charge in [-0.2, -0.15) is 0 Å². The largest absolute Gasteiger partial charge is 0.484 e. The van der Waals surface area contributed by atoms with Gasteiger partial charge in [0.2, 0.25) is 0 Å². The van der Waals surface area contributed by atoms with Crippen LogP contribution in [0.5, 0.6) is 5.75 Å². The zero-order valence-corrected chi connectivity index (χ0v) is 17.6. The molecule has 1 aliphatic rings. The molecule has 1 saturated heterocycles. The predicted octanol–water partition coefficient (Wildman–Crippen LogP) is 3.53. The third kappa shape index (κ3) is 4.00. The number of carbonyl (C=O) groups is 2. The van der Waals surface area contributed by atoms with E-state index in [1.54, 1.807) is 30.1 Å². The first-order chi connectivity index (χ1) is 14.4. The van der Waals surface area contributed by atoms with Crippen LogP contribution in [0.2, 0.25) is 0 Å². The van der Waals surface area contributed by atoms with E-state index in [0.29, 0.717) is 23.7 Å². The maximum atomic E-state index is 13.0. The molecule has 4 rings (SSSR count). The number of ether oxygens (including phenoxy) is 1. The van der Waals surface area contributed by atoms with Crippen LogP contribution in [-0.2, 0) is 4.79 Å². The molecule has 0 radical (unpaired) electrons. The number of nitrogens with zero attached hydrogens (tertiary/aromatic N) is 3. The number of carbonyl (C=O) groups excluding carboxylic acids is 2. The van der Waals surface area contributed by atoms with Crippen LogP contribution in [0.3, 0.4) is 0 Å². The SMILES string of the molecule is CN(C)C(=O)c1sc2ncccc2c1[C@@H]1CCN(C(=O)COc2ccc(F)cc2)C1. The molecule has 3 heterocycles. The topological polar surface area (TPSA) is 62.7 Å². The van der Waals surface area contributed by atoms with Crippen molar-refractivity contribution in [2.45, 2.75) is 12.3 Å². The van der Waals surface area contributed by atoms with E-state index in [4.69, 9.17) is 4.74 Å². The van der Waals surface area contributed by atoms with E-state index < -0.39 is 0 Å². The second-order valence-corrected chi connectivity index (χ2v) is 8.47. The van der Waals surface area contributed by atoms with Gasteiger partial charge >= 0.3 is 0 Å². The van der Waals surface area contributed by atoms with Crippen molar-refractivity contribution in [3.8, 4) is 5.75 Å². The van der Waals surface area contributed by atoms with E-state index in [1.165, 1.54) is 35.6 Å². The zero-order chi connectivity index (χ0) is 21.3. The lowest BCUT2D eigenvalue weighted by Crippen LogP contribution is -2.33. The van der Waals surface area contributed by atoms with E-state index in [-0.39, 0.29) is 30.2 Å². The average molecular weight is 428 g/mol. The highest BCUT2D eigenvalue weighted by molar-refractivity contribution is 7.20. The minimum Gasteiger partial charge on any atom is -0.484 e. The van der Waals surface area contributed by atoms with Gasteiger partial charge in [-0.1, -0.05) is 6.07 Å². The van der Waals surface area contributed by atoms with Gasteiger partial charge in [-0.25, -0.2) is 9.37 Å². The van der Waals surface area contributed by atoms with Crippen LogP contribution < -0.4 is 4.74 Å². The lowest BCUT2D eigenvalue weighted by Gasteiger charge is -2.18. The fourth-order valence-electron chi connectivity index (χ4n) is 3.71. The van der Waals surface area contributed by atoms with Crippen LogP contribution in [0.4, 0.5) is 4.39 Å². The number of hydrogen-bond acceptors (Lipinski definition) is 5. The number of rotatable bonds is 5. The second-order valence-electron chi connectivity index (χ2n) is 7.47. The van der Waals surface area contributed by atoms with Crippen LogP contribution in [0.1, 0.15) is 27.6 Å². The molecule has 2 amide bonds. The number of pyridine rings is 1. The van der Waals surface area contributed by atoms with Crippen molar-refractivity contribution in [2.75, 3.05) is 33.8 Å². The summed E-state index contributed by atoms with van der Waals surface area (Å²) in [4.78, 5) is 34.7. The summed E-state index contributed by atoms with van der Waals surface area (Å²) in [5, 5.41) is 0.981. The van der Waals surface area contributed by atoms with Crippen molar-refractivity contribution in [1.29, 1.82) is 0 Å². The minimum absolute atomic E-state index is 0.0441. The molecule has 0 aliphatic carbocycles. The van der Waals surface area contributed by atoms with Gasteiger partial charge in [-0.15, -0.1) is 11.3 Å². The van der Waals surface area contributed by atoms with Crippen molar-refractivity contribution in [1.82, 2.24) is 14.8 Å². The second kappa shape index (κ2) is 8.39. The number of hydrogen-bond donors (Lipinski definition) is 0. The summed E-state index contributed by atoms with van der Waals surface area (Å²) in [5.41, 5.74) is 0.983. The fraction of sp³-hybridized carbons (Fsp3) is 0.318. The van der Waals surface area contributed by atoms with Crippen molar-refractivity contribution in [3.05, 3.63) is 58.9 Å². The summed E-state index contributed by atoms with van der Waals surface area (Å²) in [6.07, 6.45) is 2.50. The maximum Gasteiger partial charge on any atom is 0.263 e. The van der Waals surface area contributed by atoms with Crippen LogP contribution in [0.15, 0.2) is 42.6 Å². The summed E-state index contributed by atoms with van der Waals surface area (Å²) in [6, 6.07) is 9.45. The molecule has 2 aromatic heterocycles. The third-order valence-corrected chi connectivity index (χ3v) is 6.35. The van der Waals surface area contributed by atoms with Gasteiger partial charge in [0.25, 0.3) is 11.8 Å². The van der Waals surface area contributed by atoms with Crippen molar-refractivity contribution in [3.63, 3.8) is 0 Å². The Hall–Kier alpha value is -3.00. The number of benzene rings is 1. The van der Waals surface area contributed by atoms with E-state index in [2.05, 4.69) is 4.98 Å². The molecule has 1 atom stereocenters. The van der Waals surface area contributed by atoms with Crippen LogP contribution in [0.25, 0.3) is 10.2 Å². The number of likely N-dealkylation sites (tertiary alicyclic amines) is 1. The number of halogens is 1. The molecule has 30 heavy (non-hydrogen) atoms. The quantitative estimate of drug-likeness (QED) is 0.625. The van der Waals surface area contributed by atoms with E-state index in [9.17, 15) is 14.0 Å². The first kappa shape index (κ1) is 20.3. The molecular formula is C22H22FN3O3S. The highest BCUT2D eigenvalue weighted by Crippen LogP contribution is 2.39. The van der Waals surface area contributed by atoms with E-state index in [0.717, 1.165) is 22.2 Å². The summed E-state index contributed by atoms with van der Waals surface area (Å²) < 4.78 is 18.5. The normalized spacial score (nSPS) is 16.1. The molecule has 3 aromatic rings. The Morgan fingerprint density at radius 2 is 2.03 bits per heavy atom. The number of amides is 2. The molecule has 0 saturated carbocycles. The average Bonchev–Trinajstić information content (AvgIpc) is 3.37. The molecule has 0 N–H and O–H groups in total. The van der Waals surface area contributed by atoms with Crippen LogP contribution >= 0.6 is 11.3 Å². The van der Waals surface area contributed by atoms with Gasteiger partial charge in [0.05, 0.1) is 4.88 Å². The van der Waals surface area contributed by atoms with Crippen molar-refractivity contribution >= 4 is 33.4 Å². The van der Waals surface area contributed by atoms with Gasteiger partial charge < -0.3 is 14.5 Å². The molecule has 0 bridgehead atoms. The van der Waals surface area contributed by atoms with Gasteiger partial charge in [-0.05, 0) is 42.3 Å². The van der Waals surface area contributed by atoms with E-state index >= 15 is 0 Å². The summed E-state index contributed by atoms with van der Waals surface area (Å²) in [6.45, 7) is 1.03. The molecule has 0 spiro atoms. The van der Waals surface area contributed by atoms with Gasteiger partial charge in [0.1, 0.15) is 16.4 Å². The summed E-state index contributed by atoms with van der Waals surface area (Å²) >= 11 is 1.40. The smallest absolute Gasteiger partial charge is 0.263 e. The van der Waals surface area contributed by atoms with E-state index in [1.807, 2.05) is 12.1 Å². The monoisotopic (exact) mass is 427 g/mol. The Morgan fingerprint density at radius 3 is 2.77 bits per heavy atom. The molecule has 1 fully saturated rings. The minimum atomic E-state index is -0.350. The van der Waals surface area contributed by atoms with Gasteiger partial charge in [-0.3, -0.25) is 9.59 Å². The van der Waals surface area contributed by atoms with Gasteiger partial charge in [0, 0.05) is 44.7 Å². The number of fused-ring (bicyclic) bond motifs is 1. The number of thiophene rings is 1. The third-order valence-electron chi connectivity index (χ3n) is 5.23. The first-order valence-electron chi connectivity index (χ1n) is 9.69. The highest BCUT2D eigenvalue weighted by atomic mass is 32.1. The Bertz CT molecular complexity index is 1080. The Kier molecular flexibility index (Phi) is 5.67. The molecular weight excluding hydrogens is 405 g/mol. The number of aromatic nitrogens is 1. The maximum absolute atomic E-state index is 13.0. The molecule has 1 aromatic carbocycles. The first-order valence-corrected chi connectivity index (χ1v) is 10.5. The fourth-order valence-corrected chi connectivity index (χ4v) is 4.96. The Morgan fingerprint density at radius 1 is 1.27 bits per heavy atom. The molecule has 0 unspecified atom stereocenters. The lowest BCUT2D eigenvalue weighted by molar-refractivity contribution is -0.132. The Balaban J connectivity index is 1.50. The van der Waals surface area contributed by atoms with Crippen molar-refractivity contribution < 1.29 is 18.7 Å². The molecule has 1 aliphatic heterocycles. The zero-order valence-electron chi connectivity index (χ0n) is 16.8. The molecule has 6 nitrogen and oxygen atoms in total. The predicted molar refractivity (Wildman–Crippen MR) is 113 cm³/mol. The Labute approximate surface area is 177 Å². The lowest BCUT2D eigenvalue weighted by atomic mass is 9.95. The summed E-state index contributed by atoms with van der Waals surface area (Å²) in [5.74, 6) is -0.0000982.